The Bertz CT molecular complexity index is 1160. The molecule has 2 aliphatic rings. The van der Waals surface area contributed by atoms with Gasteiger partial charge in [0, 0.05) is 42.0 Å². The monoisotopic (exact) mass is 563 g/mol. The van der Waals surface area contributed by atoms with E-state index in [4.69, 9.17) is 5.73 Å². The molecule has 0 spiro atoms. The predicted molar refractivity (Wildman–Crippen MR) is 136 cm³/mol. The zero-order chi connectivity index (χ0) is 25.0. The van der Waals surface area contributed by atoms with E-state index < -0.39 is 28.0 Å². The topological polar surface area (TPSA) is 126 Å². The summed E-state index contributed by atoms with van der Waals surface area (Å²) in [6.45, 7) is 0.416. The Balaban J connectivity index is 1.64. The van der Waals surface area contributed by atoms with Crippen LogP contribution in [-0.2, 0) is 20.6 Å². The number of carbonyl (C=O) groups excluding carboxylic acids is 2. The number of pyridine rings is 1. The van der Waals surface area contributed by atoms with Gasteiger partial charge in [0.25, 0.3) is 11.8 Å². The van der Waals surface area contributed by atoms with Crippen LogP contribution in [0.3, 0.4) is 0 Å². The minimum absolute atomic E-state index is 0.104. The Morgan fingerprint density at radius 1 is 1.09 bits per heavy atom. The molecule has 35 heavy (non-hydrogen) atoms. The molecule has 1 saturated heterocycles. The summed E-state index contributed by atoms with van der Waals surface area (Å²) in [5.41, 5.74) is 6.90. The van der Waals surface area contributed by atoms with E-state index in [1.54, 1.807) is 36.5 Å². The van der Waals surface area contributed by atoms with Crippen molar-refractivity contribution in [1.82, 2.24) is 19.5 Å². The maximum absolute atomic E-state index is 13.6. The summed E-state index contributed by atoms with van der Waals surface area (Å²) < 4.78 is 28.9. The van der Waals surface area contributed by atoms with Crippen molar-refractivity contribution < 1.29 is 18.0 Å². The number of halogens is 1. The highest BCUT2D eigenvalue weighted by Crippen LogP contribution is 2.25. The molecular weight excluding hydrogens is 534 g/mol. The van der Waals surface area contributed by atoms with Crippen molar-refractivity contribution in [3.63, 3.8) is 0 Å². The Morgan fingerprint density at radius 2 is 1.80 bits per heavy atom. The maximum Gasteiger partial charge on any atom is 0.259 e. The lowest BCUT2D eigenvalue weighted by Gasteiger charge is -2.42. The van der Waals surface area contributed by atoms with Gasteiger partial charge in [0.15, 0.2) is 6.17 Å². The molecule has 1 aromatic heterocycles. The summed E-state index contributed by atoms with van der Waals surface area (Å²) in [6.07, 6.45) is 5.14. The first-order valence-electron chi connectivity index (χ1n) is 11.8. The Kier molecular flexibility index (Phi) is 8.20. The number of benzene rings is 1. The van der Waals surface area contributed by atoms with Crippen LogP contribution < -0.4 is 11.1 Å². The molecule has 1 saturated carbocycles. The molecular formula is C24H30BrN5O4S. The Hall–Kier alpha value is -2.34. The van der Waals surface area contributed by atoms with Crippen molar-refractivity contribution >= 4 is 37.8 Å². The van der Waals surface area contributed by atoms with E-state index in [1.807, 2.05) is 6.07 Å². The van der Waals surface area contributed by atoms with Gasteiger partial charge in [0.05, 0.1) is 11.3 Å². The lowest BCUT2D eigenvalue weighted by Crippen LogP contribution is -2.64. The predicted octanol–water partition coefficient (Wildman–Crippen LogP) is 2.23. The molecule has 1 aliphatic carbocycles. The summed E-state index contributed by atoms with van der Waals surface area (Å²) in [5, 5.41) is 3.00. The van der Waals surface area contributed by atoms with Gasteiger partial charge in [-0.3, -0.25) is 14.6 Å². The van der Waals surface area contributed by atoms with Gasteiger partial charge in [-0.25, -0.2) is 8.42 Å². The van der Waals surface area contributed by atoms with Crippen LogP contribution in [0.2, 0.25) is 0 Å². The van der Waals surface area contributed by atoms with Crippen LogP contribution in [0.15, 0.2) is 53.3 Å². The first kappa shape index (κ1) is 25.7. The standard InChI is InChI=1S/C24H30BrN5O4S/c25-19-13-18(14-27-15-19)24(32)29-11-4-12-30(35(33,34)16-17-5-2-1-3-6-17)23(29)22(31)28-21-9-7-20(26)8-10-21/h1-3,5-6,13-15,20-21,23H,4,7-12,16,26H2,(H,28,31). The summed E-state index contributed by atoms with van der Waals surface area (Å²) >= 11 is 3.32. The van der Waals surface area contributed by atoms with Gasteiger partial charge in [-0.05, 0) is 59.7 Å². The molecule has 188 valence electrons. The summed E-state index contributed by atoms with van der Waals surface area (Å²) in [4.78, 5) is 32.5. The number of rotatable bonds is 6. The second kappa shape index (κ2) is 11.2. The van der Waals surface area contributed by atoms with E-state index in [-0.39, 0.29) is 36.5 Å². The van der Waals surface area contributed by atoms with E-state index in [9.17, 15) is 18.0 Å². The third-order valence-electron chi connectivity index (χ3n) is 6.46. The highest BCUT2D eigenvalue weighted by Gasteiger charge is 2.44. The van der Waals surface area contributed by atoms with Crippen molar-refractivity contribution in [3.8, 4) is 0 Å². The fourth-order valence-corrected chi connectivity index (χ4v) is 6.74. The Labute approximate surface area is 214 Å². The lowest BCUT2D eigenvalue weighted by atomic mass is 9.92. The van der Waals surface area contributed by atoms with Crippen LogP contribution in [0.4, 0.5) is 0 Å². The van der Waals surface area contributed by atoms with Gasteiger partial charge in [0.2, 0.25) is 10.0 Å². The number of carbonyl (C=O) groups is 2. The van der Waals surface area contributed by atoms with Gasteiger partial charge in [0.1, 0.15) is 0 Å². The first-order chi connectivity index (χ1) is 16.7. The van der Waals surface area contributed by atoms with E-state index in [1.165, 1.54) is 15.4 Å². The van der Waals surface area contributed by atoms with Crippen molar-refractivity contribution in [2.75, 3.05) is 13.1 Å². The molecule has 0 bridgehead atoms. The van der Waals surface area contributed by atoms with Crippen molar-refractivity contribution in [3.05, 3.63) is 64.4 Å². The fraction of sp³-hybridized carbons (Fsp3) is 0.458. The van der Waals surface area contributed by atoms with Gasteiger partial charge in [-0.15, -0.1) is 0 Å². The van der Waals surface area contributed by atoms with Crippen LogP contribution in [0, 0.1) is 0 Å². The molecule has 4 rings (SSSR count). The second-order valence-corrected chi connectivity index (χ2v) is 11.9. The molecule has 2 fully saturated rings. The number of nitrogens with zero attached hydrogens (tertiary/aromatic N) is 3. The third-order valence-corrected chi connectivity index (χ3v) is 8.69. The van der Waals surface area contributed by atoms with Crippen molar-refractivity contribution in [2.45, 2.75) is 56.1 Å². The number of hydrogen-bond donors (Lipinski definition) is 2. The van der Waals surface area contributed by atoms with Crippen LogP contribution in [0.5, 0.6) is 0 Å². The van der Waals surface area contributed by atoms with Crippen LogP contribution in [0.1, 0.15) is 48.0 Å². The highest BCUT2D eigenvalue weighted by molar-refractivity contribution is 9.10. The molecule has 1 aromatic carbocycles. The molecule has 2 aromatic rings. The highest BCUT2D eigenvalue weighted by atomic mass is 79.9. The number of hydrogen-bond acceptors (Lipinski definition) is 6. The van der Waals surface area contributed by atoms with Gasteiger partial charge in [-0.2, -0.15) is 4.31 Å². The molecule has 1 atom stereocenters. The normalized spacial score (nSPS) is 23.6. The molecule has 2 heterocycles. The SMILES string of the molecule is NC1CCC(NC(=O)C2N(C(=O)c3cncc(Br)c3)CCCN2S(=O)(=O)Cc2ccccc2)CC1. The van der Waals surface area contributed by atoms with Crippen LogP contribution in [0.25, 0.3) is 0 Å². The number of sulfonamides is 1. The number of aromatic nitrogens is 1. The third kappa shape index (κ3) is 6.27. The number of nitrogens with two attached hydrogens (primary N) is 1. The lowest BCUT2D eigenvalue weighted by molar-refractivity contribution is -0.132. The van der Waals surface area contributed by atoms with Gasteiger partial charge < -0.3 is 16.0 Å². The first-order valence-corrected chi connectivity index (χ1v) is 14.2. The van der Waals surface area contributed by atoms with Gasteiger partial charge in [-0.1, -0.05) is 30.3 Å². The zero-order valence-electron chi connectivity index (χ0n) is 19.3. The van der Waals surface area contributed by atoms with E-state index in [2.05, 4.69) is 26.2 Å². The number of amides is 2. The van der Waals surface area contributed by atoms with Gasteiger partial charge >= 0.3 is 0 Å². The maximum atomic E-state index is 13.6. The second-order valence-electron chi connectivity index (χ2n) is 9.09. The molecule has 11 heteroatoms. The minimum atomic E-state index is -3.90. The molecule has 1 unspecified atom stereocenters. The minimum Gasteiger partial charge on any atom is -0.350 e. The average molecular weight is 565 g/mol. The summed E-state index contributed by atoms with van der Waals surface area (Å²) in [5.74, 6) is -1.18. The van der Waals surface area contributed by atoms with E-state index in [0.29, 0.717) is 16.5 Å². The molecule has 2 amide bonds. The number of nitrogens with one attached hydrogen (secondary N) is 1. The smallest absolute Gasteiger partial charge is 0.259 e. The van der Waals surface area contributed by atoms with E-state index >= 15 is 0 Å². The quantitative estimate of drug-likeness (QED) is 0.555. The average Bonchev–Trinajstić information content (AvgIpc) is 2.85. The van der Waals surface area contributed by atoms with Crippen molar-refractivity contribution in [2.24, 2.45) is 5.73 Å². The van der Waals surface area contributed by atoms with Crippen molar-refractivity contribution in [1.29, 1.82) is 0 Å². The van der Waals surface area contributed by atoms with E-state index in [0.717, 1.165) is 25.7 Å². The zero-order valence-corrected chi connectivity index (χ0v) is 21.7. The molecule has 1 aliphatic heterocycles. The largest absolute Gasteiger partial charge is 0.350 e. The van der Waals surface area contributed by atoms with Crippen LogP contribution >= 0.6 is 15.9 Å². The summed E-state index contributed by atoms with van der Waals surface area (Å²) in [6, 6.07) is 10.5. The fourth-order valence-electron chi connectivity index (χ4n) is 4.67. The molecule has 9 nitrogen and oxygen atoms in total. The molecule has 0 radical (unpaired) electrons. The Morgan fingerprint density at radius 3 is 2.49 bits per heavy atom. The molecule has 3 N–H and O–H groups in total. The summed E-state index contributed by atoms with van der Waals surface area (Å²) in [7, 11) is -3.90. The van der Waals surface area contributed by atoms with Crippen LogP contribution in [-0.4, -0.2) is 65.8 Å².